The van der Waals surface area contributed by atoms with Crippen molar-refractivity contribution < 1.29 is 9.59 Å². The number of nitrogen functional groups attached to an aromatic ring is 1. The van der Waals surface area contributed by atoms with Crippen LogP contribution in [-0.4, -0.2) is 21.6 Å². The quantitative estimate of drug-likeness (QED) is 0.527. The molecule has 2 amide bonds. The Morgan fingerprint density at radius 1 is 1.06 bits per heavy atom. The molecule has 1 heterocycles. The van der Waals surface area contributed by atoms with Crippen LogP contribution < -0.4 is 16.8 Å². The highest BCUT2D eigenvalue weighted by atomic mass is 16.2. The Morgan fingerprint density at radius 2 is 1.73 bits per heavy atom. The number of hydrogen-bond donors (Lipinski definition) is 3. The van der Waals surface area contributed by atoms with Crippen molar-refractivity contribution in [2.24, 2.45) is 11.7 Å². The van der Waals surface area contributed by atoms with Crippen molar-refractivity contribution >= 4 is 17.6 Å². The van der Waals surface area contributed by atoms with E-state index in [1.165, 1.54) is 0 Å². The summed E-state index contributed by atoms with van der Waals surface area (Å²) in [6.45, 7) is 4.57. The lowest BCUT2D eigenvalue weighted by Crippen LogP contribution is -2.23. The van der Waals surface area contributed by atoms with Gasteiger partial charge in [0.25, 0.3) is 11.8 Å². The maximum absolute atomic E-state index is 12.5. The first-order chi connectivity index (χ1) is 15.8. The predicted molar refractivity (Wildman–Crippen MR) is 130 cm³/mol. The molecular weight excluding hydrogens is 414 g/mol. The Kier molecular flexibility index (Phi) is 6.49. The molecule has 1 fully saturated rings. The van der Waals surface area contributed by atoms with Gasteiger partial charge in [0.15, 0.2) is 0 Å². The summed E-state index contributed by atoms with van der Waals surface area (Å²) in [6, 6.07) is 15.3. The standard InChI is InChI=1S/C26H31N5O2/c1-16-7-13-20(14-8-16)31-24(27)22(25(28)32)23(30-31)19-11-9-18(10-12-19)15-29-26(33)21-6-4-3-5-17(21)2/h3-6,9-12,16,20H,7-8,13-15,27H2,1-2H3,(H2,28,32)(H,29,33). The van der Waals surface area contributed by atoms with E-state index in [1.54, 1.807) is 4.68 Å². The van der Waals surface area contributed by atoms with Gasteiger partial charge in [0.2, 0.25) is 0 Å². The number of hydrogen-bond acceptors (Lipinski definition) is 4. The van der Waals surface area contributed by atoms with E-state index >= 15 is 0 Å². The molecule has 0 unspecified atom stereocenters. The summed E-state index contributed by atoms with van der Waals surface area (Å²) in [5.41, 5.74) is 16.1. The number of benzene rings is 2. The molecule has 7 nitrogen and oxygen atoms in total. The van der Waals surface area contributed by atoms with Gasteiger partial charge in [-0.1, -0.05) is 49.4 Å². The smallest absolute Gasteiger partial charge is 0.254 e. The van der Waals surface area contributed by atoms with Gasteiger partial charge in [0, 0.05) is 17.7 Å². The van der Waals surface area contributed by atoms with E-state index < -0.39 is 5.91 Å². The molecule has 0 bridgehead atoms. The third-order valence-electron chi connectivity index (χ3n) is 6.60. The van der Waals surface area contributed by atoms with Crippen LogP contribution in [0.25, 0.3) is 11.3 Å². The topological polar surface area (TPSA) is 116 Å². The molecule has 2 aromatic carbocycles. The molecule has 0 spiro atoms. The number of anilines is 1. The molecule has 5 N–H and O–H groups in total. The third kappa shape index (κ3) is 4.77. The number of nitrogens with zero attached hydrogens (tertiary/aromatic N) is 2. The maximum atomic E-state index is 12.5. The van der Waals surface area contributed by atoms with Gasteiger partial charge in [-0.3, -0.25) is 9.59 Å². The molecule has 0 saturated heterocycles. The van der Waals surface area contributed by atoms with Crippen LogP contribution in [0.2, 0.25) is 0 Å². The Morgan fingerprint density at radius 3 is 2.36 bits per heavy atom. The van der Waals surface area contributed by atoms with E-state index in [0.29, 0.717) is 29.5 Å². The third-order valence-corrected chi connectivity index (χ3v) is 6.60. The molecule has 33 heavy (non-hydrogen) atoms. The minimum absolute atomic E-state index is 0.110. The number of aromatic nitrogens is 2. The minimum atomic E-state index is -0.576. The zero-order valence-corrected chi connectivity index (χ0v) is 19.2. The summed E-state index contributed by atoms with van der Waals surface area (Å²) >= 11 is 0. The zero-order valence-electron chi connectivity index (χ0n) is 19.2. The van der Waals surface area contributed by atoms with Gasteiger partial charge in [0.05, 0.1) is 6.04 Å². The van der Waals surface area contributed by atoms with Crippen LogP contribution in [0.15, 0.2) is 48.5 Å². The van der Waals surface area contributed by atoms with E-state index in [2.05, 4.69) is 12.2 Å². The lowest BCUT2D eigenvalue weighted by molar-refractivity contribution is 0.0949. The van der Waals surface area contributed by atoms with Crippen LogP contribution in [0.1, 0.15) is 70.5 Å². The number of carbonyl (C=O) groups excluding carboxylic acids is 2. The summed E-state index contributed by atoms with van der Waals surface area (Å²) in [5.74, 6) is 0.354. The first-order valence-electron chi connectivity index (χ1n) is 11.5. The van der Waals surface area contributed by atoms with Gasteiger partial charge in [-0.05, 0) is 55.7 Å². The second-order valence-corrected chi connectivity index (χ2v) is 9.03. The monoisotopic (exact) mass is 445 g/mol. The SMILES string of the molecule is Cc1ccccc1C(=O)NCc1ccc(-c2nn(C3CCC(C)CC3)c(N)c2C(N)=O)cc1. The minimum Gasteiger partial charge on any atom is -0.383 e. The predicted octanol–water partition coefficient (Wildman–Crippen LogP) is 4.22. The molecule has 4 rings (SSSR count). The normalized spacial score (nSPS) is 18.1. The molecule has 1 aliphatic carbocycles. The van der Waals surface area contributed by atoms with Crippen molar-refractivity contribution in [3.05, 3.63) is 70.8 Å². The zero-order chi connectivity index (χ0) is 23.5. The van der Waals surface area contributed by atoms with Gasteiger partial charge in [-0.15, -0.1) is 0 Å². The van der Waals surface area contributed by atoms with Crippen LogP contribution in [0.5, 0.6) is 0 Å². The average Bonchev–Trinajstić information content (AvgIpc) is 3.16. The van der Waals surface area contributed by atoms with E-state index in [0.717, 1.165) is 42.4 Å². The highest BCUT2D eigenvalue weighted by molar-refractivity contribution is 6.03. The summed E-state index contributed by atoms with van der Waals surface area (Å²) in [7, 11) is 0. The summed E-state index contributed by atoms with van der Waals surface area (Å²) in [6.07, 6.45) is 4.22. The van der Waals surface area contributed by atoms with Crippen molar-refractivity contribution in [1.82, 2.24) is 15.1 Å². The Balaban J connectivity index is 1.52. The van der Waals surface area contributed by atoms with Gasteiger partial charge < -0.3 is 16.8 Å². The first-order valence-corrected chi connectivity index (χ1v) is 11.5. The molecule has 0 aliphatic heterocycles. The Labute approximate surface area is 194 Å². The van der Waals surface area contributed by atoms with E-state index in [9.17, 15) is 9.59 Å². The average molecular weight is 446 g/mol. The second-order valence-electron chi connectivity index (χ2n) is 9.03. The fourth-order valence-electron chi connectivity index (χ4n) is 4.54. The summed E-state index contributed by atoms with van der Waals surface area (Å²) in [5, 5.41) is 7.68. The van der Waals surface area contributed by atoms with Gasteiger partial charge >= 0.3 is 0 Å². The molecule has 1 saturated carbocycles. The first kappa shape index (κ1) is 22.6. The number of amides is 2. The number of primary amides is 1. The number of carbonyl (C=O) groups is 2. The van der Waals surface area contributed by atoms with Crippen molar-refractivity contribution in [3.8, 4) is 11.3 Å². The fourth-order valence-corrected chi connectivity index (χ4v) is 4.54. The van der Waals surface area contributed by atoms with Gasteiger partial charge in [-0.2, -0.15) is 5.10 Å². The summed E-state index contributed by atoms with van der Waals surface area (Å²) < 4.78 is 1.79. The number of nitrogens with two attached hydrogens (primary N) is 2. The molecule has 1 aliphatic rings. The van der Waals surface area contributed by atoms with Crippen LogP contribution in [0, 0.1) is 12.8 Å². The number of rotatable bonds is 6. The molecule has 0 atom stereocenters. The number of aryl methyl sites for hydroxylation is 1. The maximum Gasteiger partial charge on any atom is 0.254 e. The van der Waals surface area contributed by atoms with Gasteiger partial charge in [0.1, 0.15) is 17.1 Å². The van der Waals surface area contributed by atoms with E-state index in [1.807, 2.05) is 55.5 Å². The second kappa shape index (κ2) is 9.48. The fraction of sp³-hybridized carbons (Fsp3) is 0.346. The molecule has 7 heteroatoms. The van der Waals surface area contributed by atoms with E-state index in [4.69, 9.17) is 16.6 Å². The van der Waals surface area contributed by atoms with Gasteiger partial charge in [-0.25, -0.2) is 4.68 Å². The summed E-state index contributed by atoms with van der Waals surface area (Å²) in [4.78, 5) is 24.7. The van der Waals surface area contributed by atoms with Crippen molar-refractivity contribution in [1.29, 1.82) is 0 Å². The molecule has 1 aromatic heterocycles. The highest BCUT2D eigenvalue weighted by Crippen LogP contribution is 2.36. The molecule has 172 valence electrons. The van der Waals surface area contributed by atoms with Crippen LogP contribution in [-0.2, 0) is 6.54 Å². The Bertz CT molecular complexity index is 1160. The van der Waals surface area contributed by atoms with Crippen molar-refractivity contribution in [2.75, 3.05) is 5.73 Å². The van der Waals surface area contributed by atoms with Crippen molar-refractivity contribution in [2.45, 2.75) is 52.1 Å². The van der Waals surface area contributed by atoms with Crippen LogP contribution in [0.3, 0.4) is 0 Å². The largest absolute Gasteiger partial charge is 0.383 e. The molecule has 3 aromatic rings. The van der Waals surface area contributed by atoms with Crippen molar-refractivity contribution in [3.63, 3.8) is 0 Å². The molecular formula is C26H31N5O2. The van der Waals surface area contributed by atoms with E-state index in [-0.39, 0.29) is 17.5 Å². The number of nitrogens with one attached hydrogen (secondary N) is 1. The lowest BCUT2D eigenvalue weighted by atomic mass is 9.87. The Hall–Kier alpha value is -3.61. The lowest BCUT2D eigenvalue weighted by Gasteiger charge is -2.27. The van der Waals surface area contributed by atoms with Crippen LogP contribution >= 0.6 is 0 Å². The molecule has 0 radical (unpaired) electrons. The van der Waals surface area contributed by atoms with Crippen LogP contribution in [0.4, 0.5) is 5.82 Å². The highest BCUT2D eigenvalue weighted by Gasteiger charge is 2.27.